The summed E-state index contributed by atoms with van der Waals surface area (Å²) >= 11 is 0. The summed E-state index contributed by atoms with van der Waals surface area (Å²) in [4.78, 5) is 0. The smallest absolute Gasteiger partial charge is 0.164 e. The van der Waals surface area contributed by atoms with Crippen LogP contribution in [0.25, 0.3) is 0 Å². The van der Waals surface area contributed by atoms with E-state index >= 15 is 0 Å². The van der Waals surface area contributed by atoms with Gasteiger partial charge in [-0.3, -0.25) is 0 Å². The minimum atomic E-state index is 0.300. The van der Waals surface area contributed by atoms with E-state index in [1.165, 1.54) is 5.56 Å². The second-order valence-electron chi connectivity index (χ2n) is 3.41. The van der Waals surface area contributed by atoms with Crippen LogP contribution in [0.4, 0.5) is 0 Å². The molecule has 1 aliphatic rings. The Kier molecular flexibility index (Phi) is 2.13. The highest BCUT2D eigenvalue weighted by atomic mass is 16.5. The van der Waals surface area contributed by atoms with E-state index in [4.69, 9.17) is 4.74 Å². The van der Waals surface area contributed by atoms with Crippen LogP contribution in [0.1, 0.15) is 24.5 Å². The van der Waals surface area contributed by atoms with Gasteiger partial charge in [0.25, 0.3) is 0 Å². The third-order valence-corrected chi connectivity index (χ3v) is 2.45. The van der Waals surface area contributed by atoms with Crippen molar-refractivity contribution in [3.63, 3.8) is 0 Å². The van der Waals surface area contributed by atoms with Crippen molar-refractivity contribution in [2.75, 3.05) is 6.61 Å². The van der Waals surface area contributed by atoms with Gasteiger partial charge in [-0.05, 0) is 36.5 Å². The predicted molar refractivity (Wildman–Crippen MR) is 51.3 cm³/mol. The first-order valence-corrected chi connectivity index (χ1v) is 4.79. The Morgan fingerprint density at radius 1 is 1.46 bits per heavy atom. The van der Waals surface area contributed by atoms with Gasteiger partial charge in [-0.25, -0.2) is 0 Å². The Bertz CT molecular complexity index is 318. The molecule has 0 unspecified atom stereocenters. The van der Waals surface area contributed by atoms with E-state index in [2.05, 4.69) is 13.0 Å². The Balaban J connectivity index is 2.47. The van der Waals surface area contributed by atoms with Crippen molar-refractivity contribution in [1.29, 1.82) is 0 Å². The van der Waals surface area contributed by atoms with Gasteiger partial charge in [-0.2, -0.15) is 0 Å². The number of benzene rings is 1. The van der Waals surface area contributed by atoms with Crippen molar-refractivity contribution in [3.05, 3.63) is 23.3 Å². The van der Waals surface area contributed by atoms with E-state index in [1.54, 1.807) is 6.07 Å². The molecule has 0 aliphatic carbocycles. The first kappa shape index (κ1) is 8.42. The number of rotatable bonds is 1. The molecular weight excluding hydrogens is 164 g/mol. The lowest BCUT2D eigenvalue weighted by molar-refractivity contribution is 0.272. The predicted octanol–water partition coefficient (Wildman–Crippen LogP) is 2.28. The highest BCUT2D eigenvalue weighted by Crippen LogP contribution is 2.35. The molecule has 1 aromatic rings. The molecule has 0 bridgehead atoms. The highest BCUT2D eigenvalue weighted by molar-refractivity contribution is 5.49. The second-order valence-corrected chi connectivity index (χ2v) is 3.41. The number of hydrogen-bond acceptors (Lipinski definition) is 2. The van der Waals surface area contributed by atoms with E-state index in [9.17, 15) is 5.11 Å². The van der Waals surface area contributed by atoms with Crippen LogP contribution < -0.4 is 4.74 Å². The van der Waals surface area contributed by atoms with Gasteiger partial charge < -0.3 is 9.84 Å². The van der Waals surface area contributed by atoms with Crippen LogP contribution in [0.2, 0.25) is 0 Å². The average molecular weight is 178 g/mol. The summed E-state index contributed by atoms with van der Waals surface area (Å²) in [7, 11) is 0. The number of aromatic hydroxyl groups is 1. The Morgan fingerprint density at radius 3 is 3.08 bits per heavy atom. The second kappa shape index (κ2) is 3.29. The lowest BCUT2D eigenvalue weighted by atomic mass is 10.0. The zero-order valence-corrected chi connectivity index (χ0v) is 7.84. The maximum absolute atomic E-state index is 9.64. The van der Waals surface area contributed by atoms with Crippen molar-refractivity contribution in [2.45, 2.75) is 26.2 Å². The molecule has 2 rings (SSSR count). The maximum Gasteiger partial charge on any atom is 0.164 e. The zero-order valence-electron chi connectivity index (χ0n) is 7.84. The fourth-order valence-corrected chi connectivity index (χ4v) is 1.73. The summed E-state index contributed by atoms with van der Waals surface area (Å²) in [6.45, 7) is 2.82. The van der Waals surface area contributed by atoms with Gasteiger partial charge in [0.2, 0.25) is 0 Å². The van der Waals surface area contributed by atoms with Crippen molar-refractivity contribution < 1.29 is 9.84 Å². The van der Waals surface area contributed by atoms with Gasteiger partial charge in [0.1, 0.15) is 0 Å². The molecule has 0 amide bonds. The van der Waals surface area contributed by atoms with Crippen molar-refractivity contribution in [2.24, 2.45) is 0 Å². The van der Waals surface area contributed by atoms with Gasteiger partial charge in [-0.15, -0.1) is 0 Å². The van der Waals surface area contributed by atoms with Gasteiger partial charge in [0.15, 0.2) is 11.5 Å². The molecule has 0 atom stereocenters. The molecule has 0 fully saturated rings. The van der Waals surface area contributed by atoms with E-state index in [0.717, 1.165) is 31.4 Å². The van der Waals surface area contributed by atoms with Crippen LogP contribution in [0.5, 0.6) is 11.5 Å². The van der Waals surface area contributed by atoms with Crippen LogP contribution in [-0.4, -0.2) is 11.7 Å². The van der Waals surface area contributed by atoms with Crippen molar-refractivity contribution >= 4 is 0 Å². The normalized spacial score (nSPS) is 14.8. The van der Waals surface area contributed by atoms with Crippen LogP contribution in [0.3, 0.4) is 0 Å². The first-order chi connectivity index (χ1) is 6.31. The van der Waals surface area contributed by atoms with Crippen LogP contribution in [0.15, 0.2) is 12.1 Å². The topological polar surface area (TPSA) is 29.5 Å². The lowest BCUT2D eigenvalue weighted by Gasteiger charge is -2.18. The van der Waals surface area contributed by atoms with E-state index in [0.29, 0.717) is 11.5 Å². The van der Waals surface area contributed by atoms with Crippen molar-refractivity contribution in [3.8, 4) is 11.5 Å². The lowest BCUT2D eigenvalue weighted by Crippen LogP contribution is -2.08. The number of aryl methyl sites for hydroxylation is 2. The Morgan fingerprint density at radius 2 is 2.31 bits per heavy atom. The molecular formula is C11H14O2. The monoisotopic (exact) mass is 178 g/mol. The van der Waals surface area contributed by atoms with E-state index in [1.807, 2.05) is 0 Å². The SMILES string of the molecule is CCc1cc(O)c2c(c1)CCCO2. The number of ether oxygens (including phenoxy) is 1. The third kappa shape index (κ3) is 1.48. The summed E-state index contributed by atoms with van der Waals surface area (Å²) in [6, 6.07) is 3.93. The minimum Gasteiger partial charge on any atom is -0.504 e. The molecule has 1 aromatic carbocycles. The molecule has 70 valence electrons. The molecule has 1 N–H and O–H groups in total. The average Bonchev–Trinajstić information content (AvgIpc) is 2.18. The first-order valence-electron chi connectivity index (χ1n) is 4.79. The van der Waals surface area contributed by atoms with E-state index in [-0.39, 0.29) is 0 Å². The summed E-state index contributed by atoms with van der Waals surface area (Å²) in [6.07, 6.45) is 3.04. The summed E-state index contributed by atoms with van der Waals surface area (Å²) in [5.74, 6) is 0.998. The third-order valence-electron chi connectivity index (χ3n) is 2.45. The summed E-state index contributed by atoms with van der Waals surface area (Å²) in [5.41, 5.74) is 2.34. The molecule has 0 radical (unpaired) electrons. The molecule has 0 saturated heterocycles. The maximum atomic E-state index is 9.64. The fourth-order valence-electron chi connectivity index (χ4n) is 1.73. The standard InChI is InChI=1S/C11H14O2/c1-2-8-6-9-4-3-5-13-11(9)10(12)7-8/h6-7,12H,2-5H2,1H3. The molecule has 0 aromatic heterocycles. The summed E-state index contributed by atoms with van der Waals surface area (Å²) < 4.78 is 5.40. The Labute approximate surface area is 78.2 Å². The van der Waals surface area contributed by atoms with Crippen LogP contribution >= 0.6 is 0 Å². The highest BCUT2D eigenvalue weighted by Gasteiger charge is 2.14. The van der Waals surface area contributed by atoms with Gasteiger partial charge >= 0.3 is 0 Å². The van der Waals surface area contributed by atoms with Crippen LogP contribution in [0, 0.1) is 0 Å². The molecule has 13 heavy (non-hydrogen) atoms. The van der Waals surface area contributed by atoms with Crippen LogP contribution in [-0.2, 0) is 12.8 Å². The van der Waals surface area contributed by atoms with Gasteiger partial charge in [0, 0.05) is 0 Å². The quantitative estimate of drug-likeness (QED) is 0.714. The molecule has 1 aliphatic heterocycles. The van der Waals surface area contributed by atoms with Gasteiger partial charge in [-0.1, -0.05) is 13.0 Å². The number of phenolic OH excluding ortho intramolecular Hbond substituents is 1. The number of phenols is 1. The number of fused-ring (bicyclic) bond motifs is 1. The molecule has 1 heterocycles. The molecule has 0 saturated carbocycles. The Hall–Kier alpha value is -1.18. The van der Waals surface area contributed by atoms with Crippen molar-refractivity contribution in [1.82, 2.24) is 0 Å². The molecule has 0 spiro atoms. The largest absolute Gasteiger partial charge is 0.504 e. The zero-order chi connectivity index (χ0) is 9.26. The minimum absolute atomic E-state index is 0.300. The van der Waals surface area contributed by atoms with E-state index < -0.39 is 0 Å². The number of hydrogen-bond donors (Lipinski definition) is 1. The molecule has 2 nitrogen and oxygen atoms in total. The summed E-state index contributed by atoms with van der Waals surface area (Å²) in [5, 5.41) is 9.64. The van der Waals surface area contributed by atoms with Gasteiger partial charge in [0.05, 0.1) is 6.61 Å². The molecule has 2 heteroatoms. The fraction of sp³-hybridized carbons (Fsp3) is 0.455.